The fraction of sp³-hybridized carbons (Fsp3) is 0.176. The summed E-state index contributed by atoms with van der Waals surface area (Å²) in [5, 5.41) is 0. The number of benzene rings is 4. The van der Waals surface area contributed by atoms with Crippen LogP contribution in [0.3, 0.4) is 0 Å². The Kier molecular flexibility index (Phi) is 11.4. The Labute approximate surface area is 289 Å². The van der Waals surface area contributed by atoms with E-state index in [-0.39, 0.29) is 34.5 Å². The highest BCUT2D eigenvalue weighted by Crippen LogP contribution is 2.41. The van der Waals surface area contributed by atoms with E-state index >= 15 is 0 Å². The van der Waals surface area contributed by atoms with Crippen LogP contribution in [-0.2, 0) is 10.3 Å². The summed E-state index contributed by atoms with van der Waals surface area (Å²) < 4.78 is 59.7. The number of amides is 1. The minimum Gasteiger partial charge on any atom is -0.435 e. The standard InChI is InChI=1S/C18H16BrF2N3O2.C16H11BrF2O3/c1-10-8-12(6-7-14(10)26-16(20)21)18(11-4-3-5-13(19)9-11)15(25)24(2)17(22)23-18;1-9-7-11(5-6-13(9)22-16(18)19)15(21)14(20)10-3-2-4-12(17)8-10/h3-9,16H,1-2H3,(H2,22,23);2-8,16H,1H3. The molecule has 0 bridgehead atoms. The Morgan fingerprint density at radius 2 is 1.25 bits per heavy atom. The lowest BCUT2D eigenvalue weighted by atomic mass is 9.82. The molecule has 8 nitrogen and oxygen atoms in total. The number of likely N-dealkylation sites (N-methyl/N-ethyl adjacent to an activating group) is 1. The first kappa shape index (κ1) is 36.3. The molecule has 0 radical (unpaired) electrons. The molecule has 1 heterocycles. The number of nitrogens with two attached hydrogens (primary N) is 1. The zero-order valence-electron chi connectivity index (χ0n) is 25.5. The Balaban J connectivity index is 0.000000220. The molecule has 5 rings (SSSR count). The molecule has 0 fully saturated rings. The molecule has 0 aromatic heterocycles. The van der Waals surface area contributed by atoms with E-state index in [1.165, 1.54) is 42.2 Å². The second-order valence-corrected chi connectivity index (χ2v) is 12.3. The largest absolute Gasteiger partial charge is 0.435 e. The third-order valence-electron chi connectivity index (χ3n) is 7.24. The first-order valence-electron chi connectivity index (χ1n) is 14.0. The second kappa shape index (κ2) is 15.1. The van der Waals surface area contributed by atoms with E-state index < -0.39 is 30.3 Å². The molecule has 0 saturated carbocycles. The molecule has 0 saturated heterocycles. The van der Waals surface area contributed by atoms with Crippen molar-refractivity contribution in [3.8, 4) is 11.5 Å². The number of aliphatic imine (C=N–C) groups is 1. The van der Waals surface area contributed by atoms with Gasteiger partial charge in [0.05, 0.1) is 0 Å². The average molecular weight is 793 g/mol. The molecule has 4 aromatic rings. The number of aryl methyl sites for hydroxylation is 2. The maximum Gasteiger partial charge on any atom is 0.387 e. The molecule has 250 valence electrons. The first-order chi connectivity index (χ1) is 22.6. The summed E-state index contributed by atoms with van der Waals surface area (Å²) in [5.41, 5.74) is 6.87. The van der Waals surface area contributed by atoms with Gasteiger partial charge in [-0.2, -0.15) is 17.6 Å². The molecule has 1 atom stereocenters. The number of carbonyl (C=O) groups is 3. The quantitative estimate of drug-likeness (QED) is 0.105. The van der Waals surface area contributed by atoms with Gasteiger partial charge in [-0.1, -0.05) is 62.2 Å². The number of ether oxygens (including phenoxy) is 2. The maximum atomic E-state index is 13.1. The molecule has 48 heavy (non-hydrogen) atoms. The van der Waals surface area contributed by atoms with Crippen LogP contribution in [0.4, 0.5) is 17.6 Å². The van der Waals surface area contributed by atoms with Crippen molar-refractivity contribution in [1.29, 1.82) is 0 Å². The van der Waals surface area contributed by atoms with Gasteiger partial charge in [0, 0.05) is 27.1 Å². The summed E-state index contributed by atoms with van der Waals surface area (Å²) in [6.07, 6.45) is 0. The van der Waals surface area contributed by atoms with E-state index in [4.69, 9.17) is 5.73 Å². The fourth-order valence-electron chi connectivity index (χ4n) is 4.91. The number of alkyl halides is 4. The van der Waals surface area contributed by atoms with Gasteiger partial charge in [0.1, 0.15) is 11.5 Å². The van der Waals surface area contributed by atoms with Crippen LogP contribution in [0, 0.1) is 13.8 Å². The number of ketones is 2. The number of guanidine groups is 1. The molecule has 0 aliphatic carbocycles. The molecular formula is C34H27Br2F4N3O5. The number of Topliss-reactive ketones (excluding diaryl/α,β-unsaturated/α-hetero) is 2. The third-order valence-corrected chi connectivity index (χ3v) is 8.22. The van der Waals surface area contributed by atoms with Gasteiger partial charge in [-0.15, -0.1) is 0 Å². The second-order valence-electron chi connectivity index (χ2n) is 10.4. The van der Waals surface area contributed by atoms with Crippen molar-refractivity contribution in [2.45, 2.75) is 32.6 Å². The van der Waals surface area contributed by atoms with Crippen molar-refractivity contribution in [3.63, 3.8) is 0 Å². The van der Waals surface area contributed by atoms with Crippen molar-refractivity contribution >= 4 is 55.3 Å². The van der Waals surface area contributed by atoms with Gasteiger partial charge in [-0.3, -0.25) is 19.3 Å². The predicted octanol–water partition coefficient (Wildman–Crippen LogP) is 7.81. The summed E-state index contributed by atoms with van der Waals surface area (Å²) in [6.45, 7) is -2.71. The number of carbonyl (C=O) groups excluding carboxylic acids is 3. The van der Waals surface area contributed by atoms with Crippen molar-refractivity contribution in [2.24, 2.45) is 10.7 Å². The van der Waals surface area contributed by atoms with Gasteiger partial charge in [0.2, 0.25) is 11.6 Å². The van der Waals surface area contributed by atoms with Crippen LogP contribution in [0.5, 0.6) is 11.5 Å². The molecular weight excluding hydrogens is 766 g/mol. The van der Waals surface area contributed by atoms with Gasteiger partial charge in [-0.25, -0.2) is 4.99 Å². The van der Waals surface area contributed by atoms with E-state index in [1.54, 1.807) is 62.5 Å². The summed E-state index contributed by atoms with van der Waals surface area (Å²) in [6, 6.07) is 22.1. The topological polar surface area (TPSA) is 111 Å². The zero-order valence-corrected chi connectivity index (χ0v) is 28.7. The van der Waals surface area contributed by atoms with Gasteiger partial charge >= 0.3 is 13.2 Å². The lowest BCUT2D eigenvalue weighted by molar-refractivity contribution is -0.129. The highest BCUT2D eigenvalue weighted by molar-refractivity contribution is 9.10. The number of rotatable bonds is 9. The monoisotopic (exact) mass is 791 g/mol. The summed E-state index contributed by atoms with van der Waals surface area (Å²) in [7, 11) is 1.54. The van der Waals surface area contributed by atoms with E-state index in [9.17, 15) is 31.9 Å². The Hall–Kier alpha value is -4.56. The lowest BCUT2D eigenvalue weighted by Gasteiger charge is -2.27. The predicted molar refractivity (Wildman–Crippen MR) is 178 cm³/mol. The molecule has 2 N–H and O–H groups in total. The SMILES string of the molecule is Cc1cc(C(=O)C(=O)c2cccc(Br)c2)ccc1OC(F)F.Cc1cc(C2(c3cccc(Br)c3)N=C(N)N(C)C2=O)ccc1OC(F)F. The summed E-state index contributed by atoms with van der Waals surface area (Å²) in [4.78, 5) is 43.2. The van der Waals surface area contributed by atoms with E-state index in [0.717, 1.165) is 4.47 Å². The zero-order chi connectivity index (χ0) is 35.3. The number of hydrogen-bond acceptors (Lipinski definition) is 7. The third kappa shape index (κ3) is 7.93. The van der Waals surface area contributed by atoms with E-state index in [2.05, 4.69) is 46.3 Å². The van der Waals surface area contributed by atoms with E-state index in [1.807, 2.05) is 6.07 Å². The molecule has 1 amide bonds. The Bertz CT molecular complexity index is 1910. The molecule has 1 aliphatic rings. The van der Waals surface area contributed by atoms with Crippen LogP contribution in [0.25, 0.3) is 0 Å². The molecule has 0 spiro atoms. The smallest absolute Gasteiger partial charge is 0.387 e. The maximum absolute atomic E-state index is 13.1. The van der Waals surface area contributed by atoms with Crippen LogP contribution < -0.4 is 15.2 Å². The highest BCUT2D eigenvalue weighted by Gasteiger charge is 2.49. The van der Waals surface area contributed by atoms with Crippen LogP contribution in [0.2, 0.25) is 0 Å². The van der Waals surface area contributed by atoms with Crippen LogP contribution in [-0.4, -0.2) is 48.6 Å². The van der Waals surface area contributed by atoms with Crippen molar-refractivity contribution < 1.29 is 41.4 Å². The van der Waals surface area contributed by atoms with Crippen LogP contribution in [0.15, 0.2) is 98.9 Å². The van der Waals surface area contributed by atoms with Gasteiger partial charge in [0.25, 0.3) is 5.91 Å². The lowest BCUT2D eigenvalue weighted by Crippen LogP contribution is -2.41. The van der Waals surface area contributed by atoms with Gasteiger partial charge in [-0.05, 0) is 90.7 Å². The molecule has 4 aromatic carbocycles. The van der Waals surface area contributed by atoms with Gasteiger partial charge < -0.3 is 15.2 Å². The first-order valence-corrected chi connectivity index (χ1v) is 15.6. The van der Waals surface area contributed by atoms with Gasteiger partial charge in [0.15, 0.2) is 11.5 Å². The van der Waals surface area contributed by atoms with Crippen molar-refractivity contribution in [3.05, 3.63) is 127 Å². The number of hydrogen-bond donors (Lipinski definition) is 1. The van der Waals surface area contributed by atoms with Crippen molar-refractivity contribution in [2.75, 3.05) is 7.05 Å². The summed E-state index contributed by atoms with van der Waals surface area (Å²) >= 11 is 6.63. The van der Waals surface area contributed by atoms with Crippen molar-refractivity contribution in [1.82, 2.24) is 4.90 Å². The highest BCUT2D eigenvalue weighted by atomic mass is 79.9. The van der Waals surface area contributed by atoms with Crippen LogP contribution >= 0.6 is 31.9 Å². The minimum atomic E-state index is -2.94. The fourth-order valence-corrected chi connectivity index (χ4v) is 5.71. The minimum absolute atomic E-state index is 0.0264. The summed E-state index contributed by atoms with van der Waals surface area (Å²) in [5.74, 6) is -1.59. The van der Waals surface area contributed by atoms with Crippen LogP contribution in [0.1, 0.15) is 43.0 Å². The average Bonchev–Trinajstić information content (AvgIpc) is 3.26. The molecule has 1 unspecified atom stereocenters. The number of nitrogens with zero attached hydrogens (tertiary/aromatic N) is 2. The van der Waals surface area contributed by atoms with E-state index in [0.29, 0.717) is 26.7 Å². The molecule has 14 heteroatoms. The molecule has 1 aliphatic heterocycles. The normalized spacial score (nSPS) is 15.6. The Morgan fingerprint density at radius 3 is 1.73 bits per heavy atom. The Morgan fingerprint density at radius 1 is 0.750 bits per heavy atom. The number of halogens is 6.